The van der Waals surface area contributed by atoms with Gasteiger partial charge in [0.1, 0.15) is 0 Å². The summed E-state index contributed by atoms with van der Waals surface area (Å²) in [5, 5.41) is 3.78. The zero-order valence-electron chi connectivity index (χ0n) is 14.5. The standard InChI is InChI=1S/C19H39NO/c1-2-3-17-21-18-13-16-20-19-14-11-9-7-5-4-6-8-10-12-15-19/h19-20H,2-18H2,1H3. The Morgan fingerprint density at radius 2 is 1.29 bits per heavy atom. The van der Waals surface area contributed by atoms with Gasteiger partial charge in [0.15, 0.2) is 0 Å². The Kier molecular flexibility index (Phi) is 13.4. The summed E-state index contributed by atoms with van der Waals surface area (Å²) in [4.78, 5) is 0. The lowest BCUT2D eigenvalue weighted by atomic mass is 9.98. The van der Waals surface area contributed by atoms with Gasteiger partial charge in [0.05, 0.1) is 0 Å². The Balaban J connectivity index is 2.05. The molecular weight excluding hydrogens is 258 g/mol. The van der Waals surface area contributed by atoms with Crippen LogP contribution in [0.2, 0.25) is 0 Å². The molecule has 0 aromatic rings. The summed E-state index contributed by atoms with van der Waals surface area (Å²) in [7, 11) is 0. The van der Waals surface area contributed by atoms with Crippen molar-refractivity contribution in [3.63, 3.8) is 0 Å². The fraction of sp³-hybridized carbons (Fsp3) is 1.00. The number of nitrogens with one attached hydrogen (secondary N) is 1. The SMILES string of the molecule is CCCCOCCCNC1CCCCCCCCCCC1. The lowest BCUT2D eigenvalue weighted by Crippen LogP contribution is -2.30. The average Bonchev–Trinajstić information content (AvgIpc) is 2.48. The van der Waals surface area contributed by atoms with E-state index >= 15 is 0 Å². The lowest BCUT2D eigenvalue weighted by molar-refractivity contribution is 0.128. The smallest absolute Gasteiger partial charge is 0.0478 e. The maximum absolute atomic E-state index is 5.64. The Morgan fingerprint density at radius 3 is 1.86 bits per heavy atom. The predicted octanol–water partition coefficient (Wildman–Crippen LogP) is 5.46. The maximum atomic E-state index is 5.64. The van der Waals surface area contributed by atoms with Crippen molar-refractivity contribution in [1.82, 2.24) is 5.32 Å². The molecule has 126 valence electrons. The van der Waals surface area contributed by atoms with Gasteiger partial charge in [-0.3, -0.25) is 0 Å². The highest BCUT2D eigenvalue weighted by atomic mass is 16.5. The molecule has 0 aromatic heterocycles. The van der Waals surface area contributed by atoms with Crippen molar-refractivity contribution in [2.45, 2.75) is 103 Å². The minimum Gasteiger partial charge on any atom is -0.381 e. The van der Waals surface area contributed by atoms with Gasteiger partial charge >= 0.3 is 0 Å². The second kappa shape index (κ2) is 14.8. The number of ether oxygens (including phenoxy) is 1. The average molecular weight is 298 g/mol. The summed E-state index contributed by atoms with van der Waals surface area (Å²) in [6, 6.07) is 0.764. The molecule has 1 aliphatic rings. The quantitative estimate of drug-likeness (QED) is 0.601. The molecule has 0 radical (unpaired) electrons. The molecule has 0 heterocycles. The predicted molar refractivity (Wildman–Crippen MR) is 92.9 cm³/mol. The van der Waals surface area contributed by atoms with Crippen LogP contribution in [0.4, 0.5) is 0 Å². The Labute approximate surface area is 133 Å². The Morgan fingerprint density at radius 1 is 0.762 bits per heavy atom. The molecule has 0 bridgehead atoms. The number of hydrogen-bond donors (Lipinski definition) is 1. The van der Waals surface area contributed by atoms with Crippen molar-refractivity contribution in [1.29, 1.82) is 0 Å². The van der Waals surface area contributed by atoms with E-state index < -0.39 is 0 Å². The summed E-state index contributed by atoms with van der Waals surface area (Å²) in [5.41, 5.74) is 0. The van der Waals surface area contributed by atoms with E-state index in [2.05, 4.69) is 12.2 Å². The molecule has 0 aliphatic heterocycles. The van der Waals surface area contributed by atoms with Crippen LogP contribution in [0.3, 0.4) is 0 Å². The third kappa shape index (κ3) is 12.2. The van der Waals surface area contributed by atoms with Gasteiger partial charge in [-0.05, 0) is 32.2 Å². The molecule has 1 saturated carbocycles. The van der Waals surface area contributed by atoms with Crippen molar-refractivity contribution >= 4 is 0 Å². The fourth-order valence-electron chi connectivity index (χ4n) is 3.20. The minimum absolute atomic E-state index is 0.764. The first kappa shape index (κ1) is 19.0. The highest BCUT2D eigenvalue weighted by molar-refractivity contribution is 4.68. The lowest BCUT2D eigenvalue weighted by Gasteiger charge is -2.19. The molecule has 0 spiro atoms. The Bertz CT molecular complexity index is 196. The van der Waals surface area contributed by atoms with Gasteiger partial charge in [0.25, 0.3) is 0 Å². The molecule has 1 N–H and O–H groups in total. The summed E-state index contributed by atoms with van der Waals surface area (Å²) in [6.07, 6.45) is 19.4. The summed E-state index contributed by atoms with van der Waals surface area (Å²) in [5.74, 6) is 0. The zero-order valence-corrected chi connectivity index (χ0v) is 14.5. The van der Waals surface area contributed by atoms with E-state index in [1.54, 1.807) is 0 Å². The summed E-state index contributed by atoms with van der Waals surface area (Å²) < 4.78 is 5.64. The monoisotopic (exact) mass is 297 g/mol. The molecule has 1 fully saturated rings. The second-order valence-corrected chi connectivity index (χ2v) is 6.73. The zero-order chi connectivity index (χ0) is 15.0. The van der Waals surface area contributed by atoms with E-state index in [1.165, 1.54) is 89.9 Å². The van der Waals surface area contributed by atoms with Crippen molar-refractivity contribution < 1.29 is 4.74 Å². The highest BCUT2D eigenvalue weighted by Crippen LogP contribution is 2.16. The normalized spacial score (nSPS) is 19.9. The maximum Gasteiger partial charge on any atom is 0.0478 e. The largest absolute Gasteiger partial charge is 0.381 e. The molecule has 1 rings (SSSR count). The molecular formula is C19H39NO. The van der Waals surface area contributed by atoms with Crippen LogP contribution in [0.1, 0.15) is 96.8 Å². The third-order valence-electron chi connectivity index (χ3n) is 4.65. The Hall–Kier alpha value is -0.0800. The van der Waals surface area contributed by atoms with Crippen molar-refractivity contribution in [2.75, 3.05) is 19.8 Å². The molecule has 1 aliphatic carbocycles. The van der Waals surface area contributed by atoms with E-state index in [9.17, 15) is 0 Å². The molecule has 0 saturated heterocycles. The number of hydrogen-bond acceptors (Lipinski definition) is 2. The number of unbranched alkanes of at least 4 members (excludes halogenated alkanes) is 1. The molecule has 0 amide bonds. The first-order chi connectivity index (χ1) is 10.4. The van der Waals surface area contributed by atoms with Crippen LogP contribution in [0.25, 0.3) is 0 Å². The van der Waals surface area contributed by atoms with Crippen LogP contribution in [-0.4, -0.2) is 25.8 Å². The second-order valence-electron chi connectivity index (χ2n) is 6.73. The van der Waals surface area contributed by atoms with Gasteiger partial charge in [-0.15, -0.1) is 0 Å². The molecule has 2 nitrogen and oxygen atoms in total. The molecule has 21 heavy (non-hydrogen) atoms. The van der Waals surface area contributed by atoms with Gasteiger partial charge in [-0.1, -0.05) is 71.1 Å². The first-order valence-corrected chi connectivity index (χ1v) is 9.74. The van der Waals surface area contributed by atoms with Crippen LogP contribution < -0.4 is 5.32 Å². The van der Waals surface area contributed by atoms with Crippen molar-refractivity contribution in [2.24, 2.45) is 0 Å². The summed E-state index contributed by atoms with van der Waals surface area (Å²) >= 11 is 0. The van der Waals surface area contributed by atoms with Crippen LogP contribution in [-0.2, 0) is 4.74 Å². The van der Waals surface area contributed by atoms with Gasteiger partial charge in [-0.2, -0.15) is 0 Å². The molecule has 0 aromatic carbocycles. The van der Waals surface area contributed by atoms with E-state index in [0.717, 1.165) is 25.8 Å². The first-order valence-electron chi connectivity index (χ1n) is 9.74. The topological polar surface area (TPSA) is 21.3 Å². The number of rotatable bonds is 8. The van der Waals surface area contributed by atoms with Crippen LogP contribution in [0, 0.1) is 0 Å². The van der Waals surface area contributed by atoms with Crippen LogP contribution in [0.15, 0.2) is 0 Å². The minimum atomic E-state index is 0.764. The van der Waals surface area contributed by atoms with E-state index in [4.69, 9.17) is 4.74 Å². The van der Waals surface area contributed by atoms with E-state index in [1.807, 2.05) is 0 Å². The van der Waals surface area contributed by atoms with Gasteiger partial charge in [0, 0.05) is 19.3 Å². The van der Waals surface area contributed by atoms with Crippen LogP contribution >= 0.6 is 0 Å². The molecule has 0 unspecified atom stereocenters. The molecule has 0 atom stereocenters. The van der Waals surface area contributed by atoms with Crippen LogP contribution in [0.5, 0.6) is 0 Å². The van der Waals surface area contributed by atoms with E-state index in [-0.39, 0.29) is 0 Å². The van der Waals surface area contributed by atoms with Gasteiger partial charge < -0.3 is 10.1 Å². The third-order valence-corrected chi connectivity index (χ3v) is 4.65. The van der Waals surface area contributed by atoms with Crippen molar-refractivity contribution in [3.8, 4) is 0 Å². The van der Waals surface area contributed by atoms with Gasteiger partial charge in [-0.25, -0.2) is 0 Å². The highest BCUT2D eigenvalue weighted by Gasteiger charge is 2.08. The summed E-state index contributed by atoms with van der Waals surface area (Å²) in [6.45, 7) is 5.23. The van der Waals surface area contributed by atoms with Gasteiger partial charge in [0.2, 0.25) is 0 Å². The van der Waals surface area contributed by atoms with Crippen molar-refractivity contribution in [3.05, 3.63) is 0 Å². The molecule has 2 heteroatoms. The van der Waals surface area contributed by atoms with E-state index in [0.29, 0.717) is 0 Å². The fourth-order valence-corrected chi connectivity index (χ4v) is 3.20.